The van der Waals surface area contributed by atoms with Crippen LogP contribution < -0.4 is 5.73 Å². The van der Waals surface area contributed by atoms with Crippen molar-refractivity contribution in [1.29, 1.82) is 0 Å². The average molecular weight is 242 g/mol. The van der Waals surface area contributed by atoms with Gasteiger partial charge in [0, 0.05) is 29.1 Å². The number of hydrogen-bond acceptors (Lipinski definition) is 2. The summed E-state index contributed by atoms with van der Waals surface area (Å²) in [6.45, 7) is 0. The van der Waals surface area contributed by atoms with E-state index in [0.29, 0.717) is 23.6 Å². The standard InChI is InChI=1S/C15H18N2O/c16-15-9-2-1-8(5-9)14(15)12-7-17-13-4-3-10(18)6-11(12)13/h3-4,6-9,14-15,17-18H,1-2,5,16H2/t8-,9+,14-,15+/m1/s1. The van der Waals surface area contributed by atoms with Gasteiger partial charge in [0.15, 0.2) is 0 Å². The predicted octanol–water partition coefficient (Wildman–Crippen LogP) is 2.71. The van der Waals surface area contributed by atoms with Gasteiger partial charge in [-0.3, -0.25) is 0 Å². The Labute approximate surface area is 106 Å². The van der Waals surface area contributed by atoms with Crippen LogP contribution in [0.3, 0.4) is 0 Å². The van der Waals surface area contributed by atoms with Crippen LogP contribution >= 0.6 is 0 Å². The highest BCUT2D eigenvalue weighted by molar-refractivity contribution is 5.85. The van der Waals surface area contributed by atoms with Crippen molar-refractivity contribution in [3.63, 3.8) is 0 Å². The van der Waals surface area contributed by atoms with E-state index in [4.69, 9.17) is 5.73 Å². The summed E-state index contributed by atoms with van der Waals surface area (Å²) < 4.78 is 0. The first-order valence-electron chi connectivity index (χ1n) is 6.79. The van der Waals surface area contributed by atoms with Crippen LogP contribution in [0.5, 0.6) is 5.75 Å². The zero-order valence-corrected chi connectivity index (χ0v) is 10.3. The number of rotatable bonds is 1. The Bertz CT molecular complexity index is 602. The molecule has 4 atom stereocenters. The SMILES string of the molecule is N[C@H]1[C@H]2CC[C@H](C2)[C@@H]1c1c[nH]c2ccc(O)cc12. The molecule has 18 heavy (non-hydrogen) atoms. The highest BCUT2D eigenvalue weighted by Crippen LogP contribution is 2.53. The predicted molar refractivity (Wildman–Crippen MR) is 71.5 cm³/mol. The highest BCUT2D eigenvalue weighted by Gasteiger charge is 2.46. The summed E-state index contributed by atoms with van der Waals surface area (Å²) in [6.07, 6.45) is 6.00. The molecule has 2 bridgehead atoms. The molecule has 0 amide bonds. The van der Waals surface area contributed by atoms with E-state index in [1.807, 2.05) is 12.1 Å². The lowest BCUT2D eigenvalue weighted by atomic mass is 9.80. The Balaban J connectivity index is 1.85. The van der Waals surface area contributed by atoms with Crippen molar-refractivity contribution < 1.29 is 5.11 Å². The molecule has 1 aromatic carbocycles. The minimum absolute atomic E-state index is 0.296. The second-order valence-corrected chi connectivity index (χ2v) is 5.91. The van der Waals surface area contributed by atoms with Crippen LogP contribution in [0.2, 0.25) is 0 Å². The quantitative estimate of drug-likeness (QED) is 0.720. The lowest BCUT2D eigenvalue weighted by Crippen LogP contribution is -2.33. The number of aromatic amines is 1. The van der Waals surface area contributed by atoms with Crippen molar-refractivity contribution >= 4 is 10.9 Å². The zero-order chi connectivity index (χ0) is 12.3. The molecular weight excluding hydrogens is 224 g/mol. The first-order chi connectivity index (χ1) is 8.74. The summed E-state index contributed by atoms with van der Waals surface area (Å²) in [4.78, 5) is 3.31. The summed E-state index contributed by atoms with van der Waals surface area (Å²) in [5.74, 6) is 2.26. The maximum Gasteiger partial charge on any atom is 0.116 e. The van der Waals surface area contributed by atoms with E-state index in [1.54, 1.807) is 6.07 Å². The van der Waals surface area contributed by atoms with Crippen LogP contribution in [0.4, 0.5) is 0 Å². The lowest BCUT2D eigenvalue weighted by Gasteiger charge is -2.28. The largest absolute Gasteiger partial charge is 0.508 e. The Morgan fingerprint density at radius 1 is 1.22 bits per heavy atom. The van der Waals surface area contributed by atoms with Gasteiger partial charge in [-0.1, -0.05) is 0 Å². The third kappa shape index (κ3) is 1.28. The van der Waals surface area contributed by atoms with Gasteiger partial charge < -0.3 is 15.8 Å². The van der Waals surface area contributed by atoms with Crippen molar-refractivity contribution in [2.24, 2.45) is 17.6 Å². The Kier molecular flexibility index (Phi) is 2.04. The molecule has 2 aromatic rings. The third-order valence-electron chi connectivity index (χ3n) is 5.04. The summed E-state index contributed by atoms with van der Waals surface area (Å²) >= 11 is 0. The molecule has 1 heterocycles. The second kappa shape index (κ2) is 3.51. The first-order valence-corrected chi connectivity index (χ1v) is 6.79. The first kappa shape index (κ1) is 10.4. The van der Waals surface area contributed by atoms with Gasteiger partial charge in [0.1, 0.15) is 5.75 Å². The van der Waals surface area contributed by atoms with Crippen LogP contribution in [0.1, 0.15) is 30.7 Å². The van der Waals surface area contributed by atoms with Gasteiger partial charge in [0.05, 0.1) is 0 Å². The number of nitrogens with one attached hydrogen (secondary N) is 1. The summed E-state index contributed by atoms with van der Waals surface area (Å²) in [5, 5.41) is 10.8. The molecule has 2 saturated carbocycles. The van der Waals surface area contributed by atoms with Gasteiger partial charge in [-0.2, -0.15) is 0 Å². The van der Waals surface area contributed by atoms with Gasteiger partial charge in [-0.25, -0.2) is 0 Å². The smallest absolute Gasteiger partial charge is 0.116 e. The number of benzene rings is 1. The normalized spacial score (nSPS) is 34.5. The van der Waals surface area contributed by atoms with E-state index < -0.39 is 0 Å². The molecule has 3 heteroatoms. The van der Waals surface area contributed by atoms with Crippen molar-refractivity contribution in [1.82, 2.24) is 4.98 Å². The van der Waals surface area contributed by atoms with Crippen LogP contribution in [-0.2, 0) is 0 Å². The van der Waals surface area contributed by atoms with Gasteiger partial charge in [0.2, 0.25) is 0 Å². The molecule has 2 aliphatic carbocycles. The van der Waals surface area contributed by atoms with Gasteiger partial charge in [-0.15, -0.1) is 0 Å². The molecule has 94 valence electrons. The van der Waals surface area contributed by atoms with Gasteiger partial charge in [0.25, 0.3) is 0 Å². The van der Waals surface area contributed by atoms with Crippen LogP contribution in [0, 0.1) is 11.8 Å². The minimum Gasteiger partial charge on any atom is -0.508 e. The number of phenolic OH excluding ortho intramolecular Hbond substituents is 1. The van der Waals surface area contributed by atoms with E-state index in [9.17, 15) is 5.11 Å². The van der Waals surface area contributed by atoms with Crippen molar-refractivity contribution in [3.8, 4) is 5.75 Å². The van der Waals surface area contributed by atoms with Crippen molar-refractivity contribution in [2.75, 3.05) is 0 Å². The number of aromatic hydroxyl groups is 1. The number of H-pyrrole nitrogens is 1. The molecule has 4 N–H and O–H groups in total. The Morgan fingerprint density at radius 2 is 2.06 bits per heavy atom. The van der Waals surface area contributed by atoms with Gasteiger partial charge >= 0.3 is 0 Å². The molecule has 2 aliphatic rings. The fourth-order valence-corrected chi connectivity index (χ4v) is 4.20. The van der Waals surface area contributed by atoms with E-state index in [-0.39, 0.29) is 0 Å². The molecule has 0 spiro atoms. The van der Waals surface area contributed by atoms with Crippen molar-refractivity contribution in [2.45, 2.75) is 31.2 Å². The number of hydrogen-bond donors (Lipinski definition) is 3. The van der Waals surface area contributed by atoms with E-state index >= 15 is 0 Å². The molecule has 0 radical (unpaired) electrons. The zero-order valence-electron chi connectivity index (χ0n) is 10.3. The number of nitrogens with two attached hydrogens (primary N) is 1. The van der Waals surface area contributed by atoms with Crippen molar-refractivity contribution in [3.05, 3.63) is 30.0 Å². The summed E-state index contributed by atoms with van der Waals surface area (Å²) in [5.41, 5.74) is 8.81. The number of phenols is 1. The highest BCUT2D eigenvalue weighted by atomic mass is 16.3. The van der Waals surface area contributed by atoms with E-state index in [1.165, 1.54) is 24.8 Å². The number of fused-ring (bicyclic) bond motifs is 3. The molecule has 4 rings (SSSR count). The molecule has 0 aliphatic heterocycles. The fourth-order valence-electron chi connectivity index (χ4n) is 4.20. The lowest BCUT2D eigenvalue weighted by molar-refractivity contribution is 0.367. The summed E-state index contributed by atoms with van der Waals surface area (Å²) in [7, 11) is 0. The molecule has 2 fully saturated rings. The molecule has 1 aromatic heterocycles. The second-order valence-electron chi connectivity index (χ2n) is 5.91. The molecule has 0 unspecified atom stereocenters. The topological polar surface area (TPSA) is 62.0 Å². The third-order valence-corrected chi connectivity index (χ3v) is 5.04. The van der Waals surface area contributed by atoms with Crippen LogP contribution in [-0.4, -0.2) is 16.1 Å². The minimum atomic E-state index is 0.296. The molecule has 3 nitrogen and oxygen atoms in total. The van der Waals surface area contributed by atoms with Crippen LogP contribution in [0.15, 0.2) is 24.4 Å². The van der Waals surface area contributed by atoms with E-state index in [2.05, 4.69) is 11.2 Å². The Hall–Kier alpha value is -1.48. The van der Waals surface area contributed by atoms with E-state index in [0.717, 1.165) is 16.8 Å². The molecular formula is C15H18N2O. The monoisotopic (exact) mass is 242 g/mol. The maximum atomic E-state index is 9.67. The number of aromatic nitrogens is 1. The average Bonchev–Trinajstić information content (AvgIpc) is 3.03. The maximum absolute atomic E-state index is 9.67. The fraction of sp³-hybridized carbons (Fsp3) is 0.467. The van der Waals surface area contributed by atoms with Gasteiger partial charge in [-0.05, 0) is 54.9 Å². The van der Waals surface area contributed by atoms with Crippen LogP contribution in [0.25, 0.3) is 10.9 Å². The summed E-state index contributed by atoms with van der Waals surface area (Å²) in [6, 6.07) is 5.82. The Morgan fingerprint density at radius 3 is 2.83 bits per heavy atom. The molecule has 0 saturated heterocycles.